The molecule has 0 unspecified atom stereocenters. The highest BCUT2D eigenvalue weighted by atomic mass is 16.6. The van der Waals surface area contributed by atoms with Crippen LogP contribution in [-0.4, -0.2) is 40.8 Å². The van der Waals surface area contributed by atoms with Crippen LogP contribution < -0.4 is 10.2 Å². The molecule has 9 heteroatoms. The van der Waals surface area contributed by atoms with Crippen LogP contribution in [0.3, 0.4) is 0 Å². The minimum Gasteiger partial charge on any atom is -0.363 e. The molecule has 0 saturated heterocycles. The first-order valence-corrected chi connectivity index (χ1v) is 6.30. The first-order chi connectivity index (χ1) is 9.90. The van der Waals surface area contributed by atoms with Gasteiger partial charge >= 0.3 is 5.69 Å². The van der Waals surface area contributed by atoms with E-state index in [1.165, 1.54) is 12.1 Å². The van der Waals surface area contributed by atoms with E-state index in [2.05, 4.69) is 20.3 Å². The van der Waals surface area contributed by atoms with E-state index in [9.17, 15) is 14.9 Å². The number of hydrogen-bond donors (Lipinski definition) is 1. The number of fused-ring (bicyclic) bond motifs is 1. The number of nitrogens with one attached hydrogen (secondary N) is 1. The second kappa shape index (κ2) is 5.73. The number of benzene rings is 1. The summed E-state index contributed by atoms with van der Waals surface area (Å²) in [5.41, 5.74) is 0.670. The summed E-state index contributed by atoms with van der Waals surface area (Å²) in [6, 6.07) is 2.88. The standard InChI is InChI=1S/C12H15N5O4/c1-7(2)13-10(18)6-16(3)8-4-5-9(17(19)20)12-11(8)14-21-15-12/h4-5,7H,6H2,1-3H3,(H,13,18). The number of nitrogens with zero attached hydrogens (tertiary/aromatic N) is 4. The minimum atomic E-state index is -0.554. The molecule has 2 rings (SSSR count). The number of aromatic nitrogens is 2. The SMILES string of the molecule is CC(C)NC(=O)CN(C)c1ccc([N+](=O)[O-])c2nonc12. The molecule has 1 N–H and O–H groups in total. The maximum Gasteiger partial charge on any atom is 0.300 e. The molecule has 0 saturated carbocycles. The molecule has 0 fully saturated rings. The van der Waals surface area contributed by atoms with Crippen molar-refractivity contribution in [3.8, 4) is 0 Å². The van der Waals surface area contributed by atoms with Crippen LogP contribution >= 0.6 is 0 Å². The number of nitro benzene ring substituents is 1. The van der Waals surface area contributed by atoms with Crippen molar-refractivity contribution < 1.29 is 14.3 Å². The van der Waals surface area contributed by atoms with Crippen LogP contribution in [0.1, 0.15) is 13.8 Å². The molecule has 1 heterocycles. The summed E-state index contributed by atoms with van der Waals surface area (Å²) >= 11 is 0. The normalized spacial score (nSPS) is 10.9. The Kier molecular flexibility index (Phi) is 4.01. The summed E-state index contributed by atoms with van der Waals surface area (Å²) in [5.74, 6) is -0.157. The van der Waals surface area contributed by atoms with E-state index >= 15 is 0 Å². The Morgan fingerprint density at radius 3 is 2.71 bits per heavy atom. The van der Waals surface area contributed by atoms with Gasteiger partial charge in [-0.05, 0) is 30.2 Å². The molecule has 112 valence electrons. The second-order valence-electron chi connectivity index (χ2n) is 4.90. The molecule has 0 aliphatic heterocycles. The van der Waals surface area contributed by atoms with Crippen molar-refractivity contribution in [3.05, 3.63) is 22.2 Å². The molecule has 21 heavy (non-hydrogen) atoms. The Bertz CT molecular complexity index is 681. The predicted molar refractivity (Wildman–Crippen MR) is 75.0 cm³/mol. The zero-order chi connectivity index (χ0) is 15.6. The maximum atomic E-state index is 11.8. The Labute approximate surface area is 120 Å². The fourth-order valence-corrected chi connectivity index (χ4v) is 1.96. The molecule has 0 bridgehead atoms. The number of carbonyl (C=O) groups excluding carboxylic acids is 1. The Balaban J connectivity index is 2.30. The molecule has 0 aliphatic rings. The predicted octanol–water partition coefficient (Wildman–Crippen LogP) is 1.09. The van der Waals surface area contributed by atoms with Gasteiger partial charge in [-0.15, -0.1) is 0 Å². The van der Waals surface area contributed by atoms with Gasteiger partial charge in [0.25, 0.3) is 0 Å². The summed E-state index contributed by atoms with van der Waals surface area (Å²) in [4.78, 5) is 23.8. The maximum absolute atomic E-state index is 11.8. The quantitative estimate of drug-likeness (QED) is 0.648. The van der Waals surface area contributed by atoms with Crippen LogP contribution in [-0.2, 0) is 4.79 Å². The van der Waals surface area contributed by atoms with Crippen molar-refractivity contribution in [2.75, 3.05) is 18.5 Å². The van der Waals surface area contributed by atoms with E-state index in [-0.39, 0.29) is 35.2 Å². The minimum absolute atomic E-state index is 0.0384. The lowest BCUT2D eigenvalue weighted by atomic mass is 10.2. The van der Waals surface area contributed by atoms with Crippen LogP contribution in [0.5, 0.6) is 0 Å². The van der Waals surface area contributed by atoms with Gasteiger partial charge in [-0.2, -0.15) is 0 Å². The van der Waals surface area contributed by atoms with Crippen molar-refractivity contribution in [2.45, 2.75) is 19.9 Å². The number of nitro groups is 1. The van der Waals surface area contributed by atoms with Crippen LogP contribution in [0.2, 0.25) is 0 Å². The number of non-ortho nitro benzene ring substituents is 1. The number of amides is 1. The lowest BCUT2D eigenvalue weighted by Crippen LogP contribution is -2.38. The third-order valence-corrected chi connectivity index (χ3v) is 2.81. The molecule has 1 aromatic heterocycles. The van der Waals surface area contributed by atoms with Crippen molar-refractivity contribution in [1.29, 1.82) is 0 Å². The average Bonchev–Trinajstić information content (AvgIpc) is 2.84. The Hall–Kier alpha value is -2.71. The fourth-order valence-electron chi connectivity index (χ4n) is 1.96. The average molecular weight is 293 g/mol. The second-order valence-corrected chi connectivity index (χ2v) is 4.90. The van der Waals surface area contributed by atoms with Gasteiger partial charge < -0.3 is 10.2 Å². The topological polar surface area (TPSA) is 114 Å². The van der Waals surface area contributed by atoms with Crippen molar-refractivity contribution in [3.63, 3.8) is 0 Å². The number of likely N-dealkylation sites (N-methyl/N-ethyl adjacent to an activating group) is 1. The molecule has 1 aromatic carbocycles. The van der Waals surface area contributed by atoms with Crippen molar-refractivity contribution >= 4 is 28.3 Å². The summed E-state index contributed by atoms with van der Waals surface area (Å²) in [5, 5.41) is 20.9. The molecule has 0 radical (unpaired) electrons. The summed E-state index contributed by atoms with van der Waals surface area (Å²) in [7, 11) is 1.69. The molecule has 9 nitrogen and oxygen atoms in total. The van der Waals surface area contributed by atoms with Gasteiger partial charge in [-0.25, -0.2) is 4.63 Å². The molecular formula is C12H15N5O4. The lowest BCUT2D eigenvalue weighted by molar-refractivity contribution is -0.383. The van der Waals surface area contributed by atoms with E-state index in [1.807, 2.05) is 13.8 Å². The summed E-state index contributed by atoms with van der Waals surface area (Å²) in [6.45, 7) is 3.82. The zero-order valence-electron chi connectivity index (χ0n) is 11.9. The van der Waals surface area contributed by atoms with Crippen molar-refractivity contribution in [2.24, 2.45) is 0 Å². The lowest BCUT2D eigenvalue weighted by Gasteiger charge is -2.19. The van der Waals surface area contributed by atoms with Crippen LogP contribution in [0.15, 0.2) is 16.8 Å². The van der Waals surface area contributed by atoms with E-state index in [4.69, 9.17) is 0 Å². The van der Waals surface area contributed by atoms with E-state index in [0.717, 1.165) is 0 Å². The third kappa shape index (κ3) is 3.07. The third-order valence-electron chi connectivity index (χ3n) is 2.81. The van der Waals surface area contributed by atoms with Gasteiger partial charge in [0.05, 0.1) is 17.2 Å². The van der Waals surface area contributed by atoms with Gasteiger partial charge in [-0.1, -0.05) is 0 Å². The van der Waals surface area contributed by atoms with E-state index < -0.39 is 4.92 Å². The Morgan fingerprint density at radius 1 is 1.43 bits per heavy atom. The first-order valence-electron chi connectivity index (χ1n) is 6.30. The summed E-state index contributed by atoms with van der Waals surface area (Å²) in [6.07, 6.45) is 0. The highest BCUT2D eigenvalue weighted by Crippen LogP contribution is 2.30. The van der Waals surface area contributed by atoms with Gasteiger partial charge in [-0.3, -0.25) is 14.9 Å². The highest BCUT2D eigenvalue weighted by Gasteiger charge is 2.22. The van der Waals surface area contributed by atoms with E-state index in [1.54, 1.807) is 11.9 Å². The van der Waals surface area contributed by atoms with Crippen LogP contribution in [0.4, 0.5) is 11.4 Å². The molecule has 0 aliphatic carbocycles. The summed E-state index contributed by atoms with van der Waals surface area (Å²) < 4.78 is 4.58. The van der Waals surface area contributed by atoms with Gasteiger partial charge in [0.2, 0.25) is 11.4 Å². The van der Waals surface area contributed by atoms with Gasteiger partial charge in [0, 0.05) is 19.2 Å². The Morgan fingerprint density at radius 2 is 2.10 bits per heavy atom. The number of anilines is 1. The van der Waals surface area contributed by atoms with Gasteiger partial charge in [0.1, 0.15) is 0 Å². The fraction of sp³-hybridized carbons (Fsp3) is 0.417. The molecule has 2 aromatic rings. The molecule has 1 amide bonds. The van der Waals surface area contributed by atoms with Gasteiger partial charge in [0.15, 0.2) is 5.52 Å². The smallest absolute Gasteiger partial charge is 0.300 e. The number of carbonyl (C=O) groups is 1. The van der Waals surface area contributed by atoms with E-state index in [0.29, 0.717) is 5.69 Å². The molecular weight excluding hydrogens is 278 g/mol. The van der Waals surface area contributed by atoms with Crippen LogP contribution in [0.25, 0.3) is 11.0 Å². The first kappa shape index (κ1) is 14.7. The molecule has 0 atom stereocenters. The highest BCUT2D eigenvalue weighted by molar-refractivity contribution is 5.95. The number of rotatable bonds is 5. The zero-order valence-corrected chi connectivity index (χ0v) is 11.9. The number of hydrogen-bond acceptors (Lipinski definition) is 7. The van der Waals surface area contributed by atoms with Crippen LogP contribution in [0, 0.1) is 10.1 Å². The largest absolute Gasteiger partial charge is 0.363 e. The molecule has 0 spiro atoms. The monoisotopic (exact) mass is 293 g/mol. The van der Waals surface area contributed by atoms with Crippen molar-refractivity contribution in [1.82, 2.24) is 15.6 Å².